The predicted molar refractivity (Wildman–Crippen MR) is 81.3 cm³/mol. The highest BCUT2D eigenvalue weighted by molar-refractivity contribution is 5.80. The molecule has 2 N–H and O–H groups in total. The van der Waals surface area contributed by atoms with Crippen molar-refractivity contribution in [3.05, 3.63) is 0 Å². The Hall–Kier alpha value is -0.770. The molecule has 2 rings (SSSR count). The summed E-state index contributed by atoms with van der Waals surface area (Å²) in [6, 6.07) is 0. The van der Waals surface area contributed by atoms with Gasteiger partial charge in [0.25, 0.3) is 0 Å². The second-order valence-corrected chi connectivity index (χ2v) is 6.35. The van der Waals surface area contributed by atoms with Crippen molar-refractivity contribution in [2.45, 2.75) is 52.0 Å². The van der Waals surface area contributed by atoms with Crippen molar-refractivity contribution >= 4 is 5.96 Å². The van der Waals surface area contributed by atoms with E-state index in [9.17, 15) is 0 Å². The van der Waals surface area contributed by atoms with Gasteiger partial charge >= 0.3 is 0 Å². The third kappa shape index (κ3) is 3.22. The van der Waals surface area contributed by atoms with Crippen LogP contribution in [0.5, 0.6) is 0 Å². The van der Waals surface area contributed by atoms with Gasteiger partial charge in [0.1, 0.15) is 0 Å². The summed E-state index contributed by atoms with van der Waals surface area (Å²) in [5, 5.41) is 0. The highest BCUT2D eigenvalue weighted by atomic mass is 15.4. The molecule has 1 aliphatic carbocycles. The van der Waals surface area contributed by atoms with Crippen molar-refractivity contribution in [2.75, 3.05) is 32.7 Å². The van der Waals surface area contributed by atoms with E-state index in [2.05, 4.69) is 35.6 Å². The Morgan fingerprint density at radius 1 is 1.37 bits per heavy atom. The Labute approximate surface area is 118 Å². The number of rotatable bonds is 7. The maximum Gasteiger partial charge on any atom is 0.191 e. The Morgan fingerprint density at radius 3 is 2.58 bits per heavy atom. The lowest BCUT2D eigenvalue weighted by molar-refractivity contribution is 0.130. The fraction of sp³-hybridized carbons (Fsp3) is 0.933. The summed E-state index contributed by atoms with van der Waals surface area (Å²) in [6.07, 6.45) is 5.48. The van der Waals surface area contributed by atoms with Gasteiger partial charge < -0.3 is 15.5 Å². The van der Waals surface area contributed by atoms with Gasteiger partial charge in [0.15, 0.2) is 5.96 Å². The molecule has 0 radical (unpaired) electrons. The molecule has 1 aliphatic heterocycles. The van der Waals surface area contributed by atoms with Crippen LogP contribution < -0.4 is 5.73 Å². The largest absolute Gasteiger partial charge is 0.370 e. The van der Waals surface area contributed by atoms with Crippen molar-refractivity contribution in [2.24, 2.45) is 16.6 Å². The van der Waals surface area contributed by atoms with E-state index in [1.807, 2.05) is 0 Å². The molecule has 19 heavy (non-hydrogen) atoms. The van der Waals surface area contributed by atoms with Gasteiger partial charge in [0.05, 0.1) is 12.1 Å². The average molecular weight is 266 g/mol. The van der Waals surface area contributed by atoms with Gasteiger partial charge in [0.2, 0.25) is 0 Å². The summed E-state index contributed by atoms with van der Waals surface area (Å²) in [7, 11) is 0. The first-order valence-electron chi connectivity index (χ1n) is 7.89. The molecule has 1 heterocycles. The van der Waals surface area contributed by atoms with Crippen molar-refractivity contribution in [1.82, 2.24) is 9.80 Å². The van der Waals surface area contributed by atoms with Crippen molar-refractivity contribution in [1.29, 1.82) is 0 Å². The number of likely N-dealkylation sites (N-methyl/N-ethyl adjacent to an activating group) is 1. The number of hydrogen-bond donors (Lipinski definition) is 1. The SMILES string of the molecule is CCN(CC)CCN1C(N)=NCC1(C)CC1CCC1. The van der Waals surface area contributed by atoms with E-state index in [-0.39, 0.29) is 5.54 Å². The Morgan fingerprint density at radius 2 is 2.05 bits per heavy atom. The van der Waals surface area contributed by atoms with Crippen molar-refractivity contribution in [3.8, 4) is 0 Å². The van der Waals surface area contributed by atoms with Gasteiger partial charge in [-0.05, 0) is 32.4 Å². The van der Waals surface area contributed by atoms with Crippen LogP contribution in [0.3, 0.4) is 0 Å². The van der Waals surface area contributed by atoms with Gasteiger partial charge in [-0.3, -0.25) is 4.99 Å². The lowest BCUT2D eigenvalue weighted by atomic mass is 9.76. The molecule has 1 unspecified atom stereocenters. The summed E-state index contributed by atoms with van der Waals surface area (Å²) >= 11 is 0. The molecule has 0 bridgehead atoms. The van der Waals surface area contributed by atoms with E-state index < -0.39 is 0 Å². The first-order valence-corrected chi connectivity index (χ1v) is 7.89. The summed E-state index contributed by atoms with van der Waals surface area (Å²) < 4.78 is 0. The fourth-order valence-corrected chi connectivity index (χ4v) is 3.36. The molecule has 0 saturated heterocycles. The van der Waals surface area contributed by atoms with Crippen LogP contribution >= 0.6 is 0 Å². The lowest BCUT2D eigenvalue weighted by Crippen LogP contribution is -2.53. The lowest BCUT2D eigenvalue weighted by Gasteiger charge is -2.41. The first kappa shape index (κ1) is 14.6. The maximum absolute atomic E-state index is 6.12. The number of nitrogens with two attached hydrogens (primary N) is 1. The Bertz CT molecular complexity index is 320. The van der Waals surface area contributed by atoms with Crippen LogP contribution in [0.15, 0.2) is 4.99 Å². The van der Waals surface area contributed by atoms with Crippen LogP contribution in [0.2, 0.25) is 0 Å². The summed E-state index contributed by atoms with van der Waals surface area (Å²) in [5.41, 5.74) is 6.29. The third-order valence-electron chi connectivity index (χ3n) is 5.00. The van der Waals surface area contributed by atoms with Gasteiger partial charge in [-0.25, -0.2) is 0 Å². The summed E-state index contributed by atoms with van der Waals surface area (Å²) in [4.78, 5) is 9.33. The minimum absolute atomic E-state index is 0.169. The Kier molecular flexibility index (Phi) is 4.71. The monoisotopic (exact) mass is 266 g/mol. The second-order valence-electron chi connectivity index (χ2n) is 6.35. The molecule has 0 amide bonds. The minimum atomic E-state index is 0.169. The van der Waals surface area contributed by atoms with Gasteiger partial charge in [-0.1, -0.05) is 33.1 Å². The van der Waals surface area contributed by atoms with Crippen LogP contribution in [0.1, 0.15) is 46.5 Å². The van der Waals surface area contributed by atoms with E-state index in [0.717, 1.165) is 44.6 Å². The van der Waals surface area contributed by atoms with Crippen molar-refractivity contribution < 1.29 is 0 Å². The van der Waals surface area contributed by atoms with E-state index >= 15 is 0 Å². The van der Waals surface area contributed by atoms with Crippen LogP contribution in [0, 0.1) is 5.92 Å². The topological polar surface area (TPSA) is 44.9 Å². The molecule has 110 valence electrons. The first-order chi connectivity index (χ1) is 9.09. The number of hydrogen-bond acceptors (Lipinski definition) is 4. The van der Waals surface area contributed by atoms with E-state index in [4.69, 9.17) is 5.73 Å². The molecule has 1 fully saturated rings. The summed E-state index contributed by atoms with van der Waals surface area (Å²) in [5.74, 6) is 1.66. The molecule has 1 atom stereocenters. The van der Waals surface area contributed by atoms with E-state index in [0.29, 0.717) is 0 Å². The highest BCUT2D eigenvalue weighted by Crippen LogP contribution is 2.37. The molecule has 2 aliphatic rings. The van der Waals surface area contributed by atoms with Gasteiger partial charge in [-0.2, -0.15) is 0 Å². The van der Waals surface area contributed by atoms with Crippen LogP contribution in [-0.4, -0.2) is 54.0 Å². The zero-order valence-corrected chi connectivity index (χ0v) is 12.9. The van der Waals surface area contributed by atoms with Crippen LogP contribution in [-0.2, 0) is 0 Å². The zero-order valence-electron chi connectivity index (χ0n) is 12.9. The number of nitrogens with zero attached hydrogens (tertiary/aromatic N) is 3. The molecule has 4 heteroatoms. The molecule has 0 aromatic carbocycles. The smallest absolute Gasteiger partial charge is 0.191 e. The molecule has 0 aromatic rings. The fourth-order valence-electron chi connectivity index (χ4n) is 3.36. The van der Waals surface area contributed by atoms with Crippen molar-refractivity contribution in [3.63, 3.8) is 0 Å². The second kappa shape index (κ2) is 6.12. The molecular weight excluding hydrogens is 236 g/mol. The molecular formula is C15H30N4. The number of aliphatic imine (C=N–C) groups is 1. The van der Waals surface area contributed by atoms with E-state index in [1.54, 1.807) is 0 Å². The standard InChI is InChI=1S/C15H30N4/c1-4-18(5-2)9-10-19-14(16)17-12-15(19,3)11-13-7-6-8-13/h13H,4-12H2,1-3H3,(H2,16,17). The van der Waals surface area contributed by atoms with Crippen LogP contribution in [0.25, 0.3) is 0 Å². The highest BCUT2D eigenvalue weighted by Gasteiger charge is 2.40. The predicted octanol–water partition coefficient (Wildman–Crippen LogP) is 1.91. The molecule has 0 spiro atoms. The Balaban J connectivity index is 1.91. The zero-order chi connectivity index (χ0) is 13.9. The quantitative estimate of drug-likeness (QED) is 0.765. The average Bonchev–Trinajstić information content (AvgIpc) is 2.63. The number of guanidine groups is 1. The molecule has 1 saturated carbocycles. The minimum Gasteiger partial charge on any atom is -0.370 e. The third-order valence-corrected chi connectivity index (χ3v) is 5.00. The normalized spacial score (nSPS) is 27.8. The molecule has 0 aromatic heterocycles. The van der Waals surface area contributed by atoms with Gasteiger partial charge in [-0.15, -0.1) is 0 Å². The molecule has 4 nitrogen and oxygen atoms in total. The van der Waals surface area contributed by atoms with Gasteiger partial charge in [0, 0.05) is 13.1 Å². The summed E-state index contributed by atoms with van der Waals surface area (Å²) in [6.45, 7) is 12.0. The van der Waals surface area contributed by atoms with Crippen LogP contribution in [0.4, 0.5) is 0 Å². The maximum atomic E-state index is 6.12. The van der Waals surface area contributed by atoms with E-state index in [1.165, 1.54) is 25.7 Å².